The molecule has 0 fully saturated rings. The van der Waals surface area contributed by atoms with E-state index in [1.54, 1.807) is 42.5 Å². The van der Waals surface area contributed by atoms with Crippen LogP contribution in [0.4, 0.5) is 0 Å². The molecular formula is C20H13Cl2NO5. The number of fused-ring (bicyclic) bond motifs is 3. The number of esters is 1. The quantitative estimate of drug-likeness (QED) is 0.500. The van der Waals surface area contributed by atoms with Gasteiger partial charge in [-0.2, -0.15) is 0 Å². The maximum atomic E-state index is 12.9. The van der Waals surface area contributed by atoms with Crippen LogP contribution in [0.3, 0.4) is 0 Å². The Bertz CT molecular complexity index is 1190. The van der Waals surface area contributed by atoms with E-state index in [1.165, 1.54) is 7.11 Å². The van der Waals surface area contributed by atoms with E-state index in [0.717, 1.165) is 0 Å². The monoisotopic (exact) mass is 417 g/mol. The Labute approximate surface area is 169 Å². The van der Waals surface area contributed by atoms with Gasteiger partial charge in [-0.15, -0.1) is 0 Å². The molecule has 6 nitrogen and oxygen atoms in total. The number of methoxy groups -OCH3 is 1. The second kappa shape index (κ2) is 6.89. The zero-order valence-corrected chi connectivity index (χ0v) is 16.0. The van der Waals surface area contributed by atoms with Crippen LogP contribution < -0.4 is 16.1 Å². The Hall–Kier alpha value is -2.96. The molecule has 0 unspecified atom stereocenters. The highest BCUT2D eigenvalue weighted by Crippen LogP contribution is 2.47. The first kappa shape index (κ1) is 18.4. The Morgan fingerprint density at radius 2 is 1.75 bits per heavy atom. The maximum absolute atomic E-state index is 12.9. The van der Waals surface area contributed by atoms with E-state index in [0.29, 0.717) is 16.5 Å². The van der Waals surface area contributed by atoms with Gasteiger partial charge < -0.3 is 19.6 Å². The van der Waals surface area contributed by atoms with Crippen molar-refractivity contribution < 1.29 is 18.7 Å². The SMILES string of the molecule is COC(=O)C1=C(N)Oc2c(c(=O)oc3ccccc23)[C@H]1c1c(Cl)cccc1Cl. The highest BCUT2D eigenvalue weighted by molar-refractivity contribution is 6.36. The molecule has 0 amide bonds. The van der Waals surface area contributed by atoms with Crippen molar-refractivity contribution in [3.05, 3.63) is 85.5 Å². The summed E-state index contributed by atoms with van der Waals surface area (Å²) in [4.78, 5) is 25.4. The molecular weight excluding hydrogens is 405 g/mol. The molecule has 2 heterocycles. The number of rotatable bonds is 2. The summed E-state index contributed by atoms with van der Waals surface area (Å²) in [6.07, 6.45) is 0. The van der Waals surface area contributed by atoms with Gasteiger partial charge in [-0.05, 0) is 24.3 Å². The number of benzene rings is 2. The van der Waals surface area contributed by atoms with Gasteiger partial charge in [-0.1, -0.05) is 41.4 Å². The van der Waals surface area contributed by atoms with Crippen LogP contribution in [0, 0.1) is 0 Å². The molecule has 1 aliphatic rings. The second-order valence-electron chi connectivity index (χ2n) is 6.07. The van der Waals surface area contributed by atoms with E-state index < -0.39 is 17.5 Å². The Morgan fingerprint density at radius 3 is 2.43 bits per heavy atom. The lowest BCUT2D eigenvalue weighted by Crippen LogP contribution is -2.31. The molecule has 1 atom stereocenters. The standard InChI is InChI=1S/C20H13Cl2NO5/c1-26-19(24)16-14(13-10(21)6-4-7-11(13)22)15-17(28-18(16)23)9-5-2-3-8-12(9)27-20(15)25/h2-8,14H,23H2,1H3/t14-/m1/s1. The molecule has 142 valence electrons. The molecule has 0 saturated heterocycles. The number of halogens is 2. The van der Waals surface area contributed by atoms with Crippen LogP contribution in [-0.4, -0.2) is 13.1 Å². The lowest BCUT2D eigenvalue weighted by Gasteiger charge is -2.28. The third kappa shape index (κ3) is 2.73. The molecule has 3 aromatic rings. The van der Waals surface area contributed by atoms with Crippen LogP contribution in [0.15, 0.2) is 63.1 Å². The summed E-state index contributed by atoms with van der Waals surface area (Å²) < 4.78 is 16.0. The van der Waals surface area contributed by atoms with Gasteiger partial charge in [0.1, 0.15) is 11.2 Å². The number of hydrogen-bond donors (Lipinski definition) is 1. The minimum absolute atomic E-state index is 0.0725. The summed E-state index contributed by atoms with van der Waals surface area (Å²) in [5.41, 5.74) is 6.04. The van der Waals surface area contributed by atoms with E-state index in [2.05, 4.69) is 0 Å². The van der Waals surface area contributed by atoms with Crippen molar-refractivity contribution in [3.8, 4) is 5.75 Å². The molecule has 0 spiro atoms. The van der Waals surface area contributed by atoms with E-state index >= 15 is 0 Å². The van der Waals surface area contributed by atoms with Crippen LogP contribution >= 0.6 is 23.2 Å². The fourth-order valence-corrected chi connectivity index (χ4v) is 3.97. The first-order chi connectivity index (χ1) is 13.4. The van der Waals surface area contributed by atoms with Crippen LogP contribution in [0.25, 0.3) is 11.0 Å². The van der Waals surface area contributed by atoms with Gasteiger partial charge in [0.2, 0.25) is 5.88 Å². The Morgan fingerprint density at radius 1 is 1.07 bits per heavy atom. The molecule has 2 N–H and O–H groups in total. The number of carbonyl (C=O) groups excluding carboxylic acids is 1. The van der Waals surface area contributed by atoms with Gasteiger partial charge in [0, 0.05) is 15.6 Å². The van der Waals surface area contributed by atoms with Crippen molar-refractivity contribution in [3.63, 3.8) is 0 Å². The molecule has 0 saturated carbocycles. The summed E-state index contributed by atoms with van der Waals surface area (Å²) in [5.74, 6) is -1.79. The molecule has 0 aliphatic carbocycles. The van der Waals surface area contributed by atoms with Gasteiger partial charge in [0.25, 0.3) is 0 Å². The van der Waals surface area contributed by atoms with Gasteiger partial charge in [-0.3, -0.25) is 0 Å². The third-order valence-corrected chi connectivity index (χ3v) is 5.21. The van der Waals surface area contributed by atoms with Crippen molar-refractivity contribution in [2.24, 2.45) is 5.73 Å². The number of ether oxygens (including phenoxy) is 2. The van der Waals surface area contributed by atoms with Crippen molar-refractivity contribution in [1.82, 2.24) is 0 Å². The lowest BCUT2D eigenvalue weighted by atomic mass is 9.83. The smallest absolute Gasteiger partial charge is 0.344 e. The van der Waals surface area contributed by atoms with Crippen molar-refractivity contribution >= 4 is 40.1 Å². The highest BCUT2D eigenvalue weighted by atomic mass is 35.5. The minimum atomic E-state index is -1.02. The normalized spacial score (nSPS) is 15.9. The molecule has 8 heteroatoms. The van der Waals surface area contributed by atoms with Crippen LogP contribution in [0.2, 0.25) is 10.0 Å². The molecule has 28 heavy (non-hydrogen) atoms. The fraction of sp³-hybridized carbons (Fsp3) is 0.100. The van der Waals surface area contributed by atoms with Gasteiger partial charge in [-0.25, -0.2) is 9.59 Å². The highest BCUT2D eigenvalue weighted by Gasteiger charge is 2.40. The van der Waals surface area contributed by atoms with Crippen LogP contribution in [0.5, 0.6) is 5.75 Å². The molecule has 1 aliphatic heterocycles. The zero-order chi connectivity index (χ0) is 20.0. The predicted molar refractivity (Wildman–Crippen MR) is 105 cm³/mol. The van der Waals surface area contributed by atoms with Crippen LogP contribution in [-0.2, 0) is 9.53 Å². The Kier molecular flexibility index (Phi) is 4.53. The molecule has 2 aromatic carbocycles. The second-order valence-corrected chi connectivity index (χ2v) is 6.88. The first-order valence-electron chi connectivity index (χ1n) is 8.19. The molecule has 0 radical (unpaired) electrons. The lowest BCUT2D eigenvalue weighted by molar-refractivity contribution is -0.136. The van der Waals surface area contributed by atoms with Gasteiger partial charge in [0.15, 0.2) is 5.75 Å². The maximum Gasteiger partial charge on any atom is 0.344 e. The predicted octanol–water partition coefficient (Wildman–Crippen LogP) is 3.97. The average molecular weight is 418 g/mol. The minimum Gasteiger partial charge on any atom is -0.465 e. The summed E-state index contributed by atoms with van der Waals surface area (Å²) in [6, 6.07) is 11.7. The largest absolute Gasteiger partial charge is 0.465 e. The van der Waals surface area contributed by atoms with Gasteiger partial charge >= 0.3 is 11.6 Å². The molecule has 4 rings (SSSR count). The van der Waals surface area contributed by atoms with Gasteiger partial charge in [0.05, 0.1) is 24.0 Å². The van der Waals surface area contributed by atoms with E-state index in [1.807, 2.05) is 0 Å². The number of carbonyl (C=O) groups is 1. The van der Waals surface area contributed by atoms with Crippen molar-refractivity contribution in [2.45, 2.75) is 5.92 Å². The summed E-state index contributed by atoms with van der Waals surface area (Å²) in [6.45, 7) is 0. The topological polar surface area (TPSA) is 91.8 Å². The molecule has 1 aromatic heterocycles. The van der Waals surface area contributed by atoms with Crippen molar-refractivity contribution in [2.75, 3.05) is 7.11 Å². The third-order valence-electron chi connectivity index (χ3n) is 4.55. The fourth-order valence-electron chi connectivity index (χ4n) is 3.35. The van der Waals surface area contributed by atoms with Crippen molar-refractivity contribution in [1.29, 1.82) is 0 Å². The first-order valence-corrected chi connectivity index (χ1v) is 8.95. The van der Waals surface area contributed by atoms with E-state index in [9.17, 15) is 9.59 Å². The number of para-hydroxylation sites is 1. The number of nitrogens with two attached hydrogens (primary N) is 1. The number of hydrogen-bond acceptors (Lipinski definition) is 6. The zero-order valence-electron chi connectivity index (χ0n) is 14.5. The molecule has 0 bridgehead atoms. The summed E-state index contributed by atoms with van der Waals surface area (Å²) >= 11 is 12.8. The van der Waals surface area contributed by atoms with E-state index in [4.69, 9.17) is 42.8 Å². The van der Waals surface area contributed by atoms with E-state index in [-0.39, 0.29) is 32.8 Å². The Balaban J connectivity index is 2.14. The average Bonchev–Trinajstić information content (AvgIpc) is 2.67. The summed E-state index contributed by atoms with van der Waals surface area (Å²) in [5, 5.41) is 1.04. The van der Waals surface area contributed by atoms with Crippen LogP contribution in [0.1, 0.15) is 17.0 Å². The summed E-state index contributed by atoms with van der Waals surface area (Å²) in [7, 11) is 1.20.